The Kier molecular flexibility index (Phi) is 1.19. The quantitative estimate of drug-likeness (QED) is 0.508. The molecular weight excluding hydrogens is 347 g/mol. The van der Waals surface area contributed by atoms with Crippen molar-refractivity contribution in [3.8, 4) is 0 Å². The lowest BCUT2D eigenvalue weighted by Gasteiger charge is -3.37. The van der Waals surface area contributed by atoms with E-state index in [1.165, 1.54) is 0 Å². The molecule has 5 spiro atoms. The van der Waals surface area contributed by atoms with E-state index in [0.717, 1.165) is 69.0 Å². The largest absolute Gasteiger partial charge is 0.0766 e. The SMILES string of the molecule is [B]C12C(C)C3C[C@@]4(C)C5C6C7C8CC9C(C)C%10(C)C98C78C%10(C)C7(C)C1(C)C5(C678)C324. The third-order valence-electron chi connectivity index (χ3n) is 20.2. The molecule has 29 heavy (non-hydrogen) atoms. The third kappa shape index (κ3) is 0.436. The Morgan fingerprint density at radius 1 is 0.690 bits per heavy atom. The summed E-state index contributed by atoms with van der Waals surface area (Å²) >= 11 is 0. The van der Waals surface area contributed by atoms with E-state index in [1.54, 1.807) is 12.8 Å². The second-order valence-electron chi connectivity index (χ2n) is 16.3. The normalized spacial score (nSPS) is 105. The highest BCUT2D eigenvalue weighted by Gasteiger charge is 3.36. The molecule has 0 aromatic heterocycles. The molecule has 18 unspecified atom stereocenters. The Morgan fingerprint density at radius 2 is 1.41 bits per heavy atom. The minimum Gasteiger partial charge on any atom is -0.0624 e. The number of hydrogen-bond acceptors (Lipinski definition) is 0. The molecule has 0 aliphatic heterocycles. The Bertz CT molecular complexity index is 1210. The monoisotopic (exact) mass is 380 g/mol. The molecule has 12 aliphatic carbocycles. The highest BCUT2D eigenvalue weighted by atomic mass is 15.4. The van der Waals surface area contributed by atoms with Crippen molar-refractivity contribution in [2.75, 3.05) is 0 Å². The lowest BCUT2D eigenvalue weighted by atomic mass is 8.65. The standard InChI is InChI=1S/C28H33B/c1-10-12-8-13-15-16-17-18(3)9-14-11(2)28(29)22(7)21(6)20(5)19(10,4)23(12,13)25(15,20)26(16,21)27(17,22)24(14,18)28/h10-17H,8-9H2,1-7H3/t10?,11?,12?,13?,14?,15?,16?,17?,18-,19?,20?,21?,22?,23?,24?,25?,26?,27?,28?/m0/s1. The summed E-state index contributed by atoms with van der Waals surface area (Å²) < 4.78 is 0. The molecule has 0 heterocycles. The van der Waals surface area contributed by atoms with Crippen LogP contribution in [0.2, 0.25) is 5.31 Å². The maximum atomic E-state index is 7.75. The summed E-state index contributed by atoms with van der Waals surface area (Å²) in [6, 6.07) is 0. The second-order valence-corrected chi connectivity index (χ2v) is 16.3. The van der Waals surface area contributed by atoms with Crippen LogP contribution in [0.15, 0.2) is 0 Å². The van der Waals surface area contributed by atoms with Crippen molar-refractivity contribution in [2.45, 2.75) is 66.6 Å². The lowest BCUT2D eigenvalue weighted by molar-refractivity contribution is -0.904. The fourth-order valence-electron chi connectivity index (χ4n) is 22.1. The van der Waals surface area contributed by atoms with E-state index in [1.807, 2.05) is 0 Å². The van der Waals surface area contributed by atoms with Crippen LogP contribution in [0.5, 0.6) is 0 Å². The smallest absolute Gasteiger partial charge is 0.0624 e. The summed E-state index contributed by atoms with van der Waals surface area (Å²) in [5.41, 5.74) is 6.63. The third-order valence-corrected chi connectivity index (χ3v) is 20.2. The Balaban J connectivity index is 1.24. The number of fused-ring (bicyclic) bond motifs is 8. The van der Waals surface area contributed by atoms with Crippen LogP contribution >= 0.6 is 0 Å². The molecule has 0 bridgehead atoms. The zero-order valence-corrected chi connectivity index (χ0v) is 19.1. The van der Waals surface area contributed by atoms with Gasteiger partial charge in [-0.3, -0.25) is 0 Å². The van der Waals surface area contributed by atoms with Gasteiger partial charge in [0.1, 0.15) is 0 Å². The van der Waals surface area contributed by atoms with Crippen molar-refractivity contribution in [1.29, 1.82) is 0 Å². The molecule has 0 nitrogen and oxygen atoms in total. The molecule has 12 saturated carbocycles. The van der Waals surface area contributed by atoms with Crippen LogP contribution in [0.3, 0.4) is 0 Å². The van der Waals surface area contributed by atoms with Gasteiger partial charge in [0, 0.05) is 0 Å². The molecule has 12 aliphatic rings. The van der Waals surface area contributed by atoms with E-state index in [4.69, 9.17) is 7.85 Å². The van der Waals surface area contributed by atoms with Crippen LogP contribution in [-0.2, 0) is 0 Å². The van der Waals surface area contributed by atoms with Crippen LogP contribution in [0, 0.1) is 101 Å². The highest BCUT2D eigenvalue weighted by Crippen LogP contribution is 3.39. The maximum Gasteiger partial charge on any atom is 0.0766 e. The Hall–Kier alpha value is 0.0649. The van der Waals surface area contributed by atoms with Gasteiger partial charge in [0.25, 0.3) is 0 Å². The number of rotatable bonds is 0. The van der Waals surface area contributed by atoms with Crippen LogP contribution in [0.1, 0.15) is 61.3 Å². The first-order valence-corrected chi connectivity index (χ1v) is 13.3. The Morgan fingerprint density at radius 3 is 2.14 bits per heavy atom. The first kappa shape index (κ1) is 14.3. The predicted octanol–water partition coefficient (Wildman–Crippen LogP) is 5.19. The van der Waals surface area contributed by atoms with E-state index in [-0.39, 0.29) is 5.31 Å². The molecule has 2 radical (unpaired) electrons. The highest BCUT2D eigenvalue weighted by molar-refractivity contribution is 6.21. The molecule has 12 fully saturated rings. The lowest BCUT2D eigenvalue weighted by Crippen LogP contribution is -3.34. The molecule has 0 amide bonds. The van der Waals surface area contributed by atoms with Gasteiger partial charge in [-0.15, -0.1) is 0 Å². The summed E-state index contributed by atoms with van der Waals surface area (Å²) in [6.07, 6.45) is 3.17. The molecule has 1 heteroatoms. The number of hydrogen-bond donors (Lipinski definition) is 0. The molecule has 19 atom stereocenters. The summed E-state index contributed by atoms with van der Waals surface area (Å²) in [5, 5.41) is 0.170. The zero-order chi connectivity index (χ0) is 19.5. The second kappa shape index (κ2) is 2.43. The van der Waals surface area contributed by atoms with Gasteiger partial charge in [0.2, 0.25) is 0 Å². The first-order chi connectivity index (χ1) is 13.5. The zero-order valence-electron chi connectivity index (χ0n) is 19.1. The topological polar surface area (TPSA) is 0 Å². The molecular formula is C28H33B. The van der Waals surface area contributed by atoms with Gasteiger partial charge >= 0.3 is 0 Å². The summed E-state index contributed by atoms with van der Waals surface area (Å²) in [7, 11) is 7.75. The summed E-state index contributed by atoms with van der Waals surface area (Å²) in [4.78, 5) is 0. The first-order valence-electron chi connectivity index (χ1n) is 13.3. The van der Waals surface area contributed by atoms with E-state index in [9.17, 15) is 0 Å². The van der Waals surface area contributed by atoms with Gasteiger partial charge in [-0.05, 0) is 120 Å². The van der Waals surface area contributed by atoms with Crippen LogP contribution in [0.4, 0.5) is 0 Å². The fraction of sp³-hybridized carbons (Fsp3) is 1.00. The summed E-state index contributed by atoms with van der Waals surface area (Å²) in [5.74, 6) is 8.43. The molecule has 148 valence electrons. The van der Waals surface area contributed by atoms with Crippen molar-refractivity contribution >= 4 is 7.85 Å². The van der Waals surface area contributed by atoms with Crippen molar-refractivity contribution in [2.24, 2.45) is 101 Å². The van der Waals surface area contributed by atoms with Gasteiger partial charge in [-0.25, -0.2) is 0 Å². The van der Waals surface area contributed by atoms with Crippen LogP contribution in [0.25, 0.3) is 0 Å². The van der Waals surface area contributed by atoms with Gasteiger partial charge in [0.15, 0.2) is 0 Å². The average Bonchev–Trinajstić information content (AvgIpc) is 2.65. The molecule has 0 aromatic rings. The minimum atomic E-state index is 0.170. The maximum absolute atomic E-state index is 7.75. The van der Waals surface area contributed by atoms with Crippen LogP contribution < -0.4 is 0 Å². The van der Waals surface area contributed by atoms with Gasteiger partial charge < -0.3 is 0 Å². The van der Waals surface area contributed by atoms with Crippen molar-refractivity contribution in [1.82, 2.24) is 0 Å². The Labute approximate surface area is 176 Å². The molecule has 12 rings (SSSR count). The average molecular weight is 380 g/mol. The van der Waals surface area contributed by atoms with Gasteiger partial charge in [-0.1, -0.05) is 48.5 Å². The minimum absolute atomic E-state index is 0.170. The van der Waals surface area contributed by atoms with Crippen molar-refractivity contribution in [3.05, 3.63) is 0 Å². The fourth-order valence-corrected chi connectivity index (χ4v) is 22.1. The molecule has 0 saturated heterocycles. The van der Waals surface area contributed by atoms with Crippen molar-refractivity contribution in [3.63, 3.8) is 0 Å². The molecule has 0 aromatic carbocycles. The molecule has 0 N–H and O–H groups in total. The van der Waals surface area contributed by atoms with Gasteiger partial charge in [0.05, 0.1) is 7.85 Å². The van der Waals surface area contributed by atoms with E-state index in [0.29, 0.717) is 32.5 Å². The van der Waals surface area contributed by atoms with E-state index in [2.05, 4.69) is 48.5 Å². The summed E-state index contributed by atoms with van der Waals surface area (Å²) in [6.45, 7) is 19.3. The predicted molar refractivity (Wildman–Crippen MR) is 110 cm³/mol. The van der Waals surface area contributed by atoms with E-state index < -0.39 is 0 Å². The van der Waals surface area contributed by atoms with Crippen LogP contribution in [-0.4, -0.2) is 7.85 Å². The van der Waals surface area contributed by atoms with Gasteiger partial charge in [-0.2, -0.15) is 0 Å². The van der Waals surface area contributed by atoms with Crippen molar-refractivity contribution < 1.29 is 0 Å². The van der Waals surface area contributed by atoms with E-state index >= 15 is 0 Å².